The molecule has 5 heteroatoms. The molecule has 1 amide bonds. The monoisotopic (exact) mass is 275 g/mol. The summed E-state index contributed by atoms with van der Waals surface area (Å²) in [6.45, 7) is 0.600. The predicted molar refractivity (Wildman–Crippen MR) is 78.2 cm³/mol. The van der Waals surface area contributed by atoms with Gasteiger partial charge in [0, 0.05) is 22.9 Å². The van der Waals surface area contributed by atoms with Crippen LogP contribution in [0.1, 0.15) is 15.9 Å². The molecule has 0 aliphatic heterocycles. The molecule has 5 N–H and O–H groups in total. The van der Waals surface area contributed by atoms with Gasteiger partial charge in [-0.05, 0) is 35.9 Å². The molecule has 0 saturated carbocycles. The molecule has 0 atom stereocenters. The molecule has 0 fully saturated rings. The van der Waals surface area contributed by atoms with Crippen molar-refractivity contribution >= 4 is 28.9 Å². The number of hydrogen-bond acceptors (Lipinski definition) is 3. The smallest absolute Gasteiger partial charge is 0.250 e. The van der Waals surface area contributed by atoms with Crippen molar-refractivity contribution in [2.24, 2.45) is 5.73 Å². The Hall–Kier alpha value is -2.20. The molecule has 2 aromatic rings. The van der Waals surface area contributed by atoms with Crippen molar-refractivity contribution in [3.05, 3.63) is 58.6 Å². The molecule has 0 aromatic heterocycles. The van der Waals surface area contributed by atoms with Crippen molar-refractivity contribution in [3.63, 3.8) is 0 Å². The van der Waals surface area contributed by atoms with Crippen LogP contribution in [0, 0.1) is 0 Å². The molecule has 98 valence electrons. The molecule has 2 rings (SSSR count). The van der Waals surface area contributed by atoms with Gasteiger partial charge in [0.1, 0.15) is 0 Å². The van der Waals surface area contributed by atoms with Crippen molar-refractivity contribution in [2.75, 3.05) is 11.1 Å². The molecule has 0 radical (unpaired) electrons. The second kappa shape index (κ2) is 5.63. The van der Waals surface area contributed by atoms with Crippen LogP contribution in [0.2, 0.25) is 5.02 Å². The first-order valence-electron chi connectivity index (χ1n) is 5.74. The van der Waals surface area contributed by atoms with Crippen molar-refractivity contribution in [1.29, 1.82) is 0 Å². The van der Waals surface area contributed by atoms with E-state index in [1.54, 1.807) is 18.2 Å². The van der Waals surface area contributed by atoms with Crippen LogP contribution in [0.4, 0.5) is 11.4 Å². The van der Waals surface area contributed by atoms with Gasteiger partial charge in [-0.25, -0.2) is 0 Å². The molecule has 4 nitrogen and oxygen atoms in total. The highest BCUT2D eigenvalue weighted by Gasteiger charge is 2.06. The summed E-state index contributed by atoms with van der Waals surface area (Å²) in [5.74, 6) is -0.538. The first-order chi connectivity index (χ1) is 9.06. The van der Waals surface area contributed by atoms with Crippen molar-refractivity contribution in [3.8, 4) is 0 Å². The van der Waals surface area contributed by atoms with Gasteiger partial charge < -0.3 is 16.8 Å². The Balaban J connectivity index is 2.12. The summed E-state index contributed by atoms with van der Waals surface area (Å²) in [6, 6.07) is 12.6. The summed E-state index contributed by atoms with van der Waals surface area (Å²) >= 11 is 5.91. The van der Waals surface area contributed by atoms with Gasteiger partial charge in [-0.2, -0.15) is 0 Å². The number of amides is 1. The van der Waals surface area contributed by atoms with Gasteiger partial charge in [0.25, 0.3) is 5.91 Å². The maximum atomic E-state index is 11.2. The quantitative estimate of drug-likeness (QED) is 0.750. The molecule has 19 heavy (non-hydrogen) atoms. The number of benzene rings is 2. The molecule has 0 saturated heterocycles. The van der Waals surface area contributed by atoms with E-state index < -0.39 is 5.91 Å². The molecule has 0 heterocycles. The lowest BCUT2D eigenvalue weighted by atomic mass is 10.1. The minimum atomic E-state index is -0.538. The summed E-state index contributed by atoms with van der Waals surface area (Å²) in [5.41, 5.74) is 13.4. The van der Waals surface area contributed by atoms with Crippen LogP contribution in [0.15, 0.2) is 42.5 Å². The maximum Gasteiger partial charge on any atom is 0.250 e. The van der Waals surface area contributed by atoms with Gasteiger partial charge in [0.2, 0.25) is 0 Å². The first-order valence-corrected chi connectivity index (χ1v) is 6.11. The van der Waals surface area contributed by atoms with Crippen LogP contribution >= 0.6 is 11.6 Å². The second-order valence-electron chi connectivity index (χ2n) is 4.15. The third kappa shape index (κ3) is 3.39. The predicted octanol–water partition coefficient (Wildman–Crippen LogP) is 2.63. The lowest BCUT2D eigenvalue weighted by molar-refractivity contribution is 0.100. The summed E-state index contributed by atoms with van der Waals surface area (Å²) < 4.78 is 0. The minimum Gasteiger partial charge on any atom is -0.398 e. The Bertz CT molecular complexity index is 613. The van der Waals surface area contributed by atoms with Gasteiger partial charge >= 0.3 is 0 Å². The number of nitrogen functional groups attached to an aromatic ring is 1. The van der Waals surface area contributed by atoms with E-state index in [4.69, 9.17) is 23.1 Å². The molecule has 0 aliphatic carbocycles. The summed E-state index contributed by atoms with van der Waals surface area (Å²) in [7, 11) is 0. The number of rotatable bonds is 4. The van der Waals surface area contributed by atoms with Gasteiger partial charge in [0.05, 0.1) is 5.56 Å². The summed E-state index contributed by atoms with van der Waals surface area (Å²) in [5, 5.41) is 3.88. The zero-order valence-electron chi connectivity index (χ0n) is 10.2. The van der Waals surface area contributed by atoms with Crippen LogP contribution in [0.3, 0.4) is 0 Å². The molecular weight excluding hydrogens is 262 g/mol. The number of anilines is 2. The third-order valence-corrected chi connectivity index (χ3v) is 2.94. The average molecular weight is 276 g/mol. The SMILES string of the molecule is NC(=O)c1cc(NCc2cccc(Cl)c2)ccc1N. The number of nitrogens with one attached hydrogen (secondary N) is 1. The molecule has 0 spiro atoms. The molecule has 0 bridgehead atoms. The lowest BCUT2D eigenvalue weighted by Gasteiger charge is -2.09. The fraction of sp³-hybridized carbons (Fsp3) is 0.0714. The third-order valence-electron chi connectivity index (χ3n) is 2.70. The van der Waals surface area contributed by atoms with E-state index in [9.17, 15) is 4.79 Å². The zero-order chi connectivity index (χ0) is 13.8. The number of carbonyl (C=O) groups is 1. The fourth-order valence-corrected chi connectivity index (χ4v) is 1.94. The van der Waals surface area contributed by atoms with Gasteiger partial charge in [-0.1, -0.05) is 23.7 Å². The topological polar surface area (TPSA) is 81.1 Å². The molecule has 0 aliphatic rings. The van der Waals surface area contributed by atoms with Crippen LogP contribution < -0.4 is 16.8 Å². The number of halogens is 1. The van der Waals surface area contributed by atoms with E-state index in [-0.39, 0.29) is 0 Å². The van der Waals surface area contributed by atoms with Gasteiger partial charge in [-0.3, -0.25) is 4.79 Å². The maximum absolute atomic E-state index is 11.2. The van der Waals surface area contributed by atoms with E-state index in [0.717, 1.165) is 11.3 Å². The highest BCUT2D eigenvalue weighted by atomic mass is 35.5. The van der Waals surface area contributed by atoms with Crippen LogP contribution in [0.25, 0.3) is 0 Å². The van der Waals surface area contributed by atoms with E-state index in [1.807, 2.05) is 24.3 Å². The Kier molecular flexibility index (Phi) is 3.92. The number of nitrogens with two attached hydrogens (primary N) is 2. The van der Waals surface area contributed by atoms with Crippen LogP contribution in [-0.2, 0) is 6.54 Å². The zero-order valence-corrected chi connectivity index (χ0v) is 10.9. The van der Waals surface area contributed by atoms with Gasteiger partial charge in [0.15, 0.2) is 0 Å². The fourth-order valence-electron chi connectivity index (χ4n) is 1.73. The lowest BCUT2D eigenvalue weighted by Crippen LogP contribution is -2.14. The highest BCUT2D eigenvalue weighted by molar-refractivity contribution is 6.30. The van der Waals surface area contributed by atoms with E-state index in [2.05, 4.69) is 5.32 Å². The Morgan fingerprint density at radius 3 is 2.68 bits per heavy atom. The Labute approximate surface area is 116 Å². The first kappa shape index (κ1) is 13.2. The molecule has 0 unspecified atom stereocenters. The Morgan fingerprint density at radius 2 is 2.00 bits per heavy atom. The van der Waals surface area contributed by atoms with Crippen molar-refractivity contribution in [2.45, 2.75) is 6.54 Å². The Morgan fingerprint density at radius 1 is 1.21 bits per heavy atom. The number of primary amides is 1. The summed E-state index contributed by atoms with van der Waals surface area (Å²) in [4.78, 5) is 11.2. The normalized spacial score (nSPS) is 10.2. The average Bonchev–Trinajstić information content (AvgIpc) is 2.37. The highest BCUT2D eigenvalue weighted by Crippen LogP contribution is 2.18. The largest absolute Gasteiger partial charge is 0.398 e. The summed E-state index contributed by atoms with van der Waals surface area (Å²) in [6.07, 6.45) is 0. The van der Waals surface area contributed by atoms with E-state index in [0.29, 0.717) is 22.8 Å². The van der Waals surface area contributed by atoms with Crippen LogP contribution in [-0.4, -0.2) is 5.91 Å². The second-order valence-corrected chi connectivity index (χ2v) is 4.59. The van der Waals surface area contributed by atoms with E-state index in [1.165, 1.54) is 0 Å². The van der Waals surface area contributed by atoms with Crippen molar-refractivity contribution in [1.82, 2.24) is 0 Å². The minimum absolute atomic E-state index is 0.316. The van der Waals surface area contributed by atoms with E-state index >= 15 is 0 Å². The van der Waals surface area contributed by atoms with Crippen molar-refractivity contribution < 1.29 is 4.79 Å². The number of carbonyl (C=O) groups excluding carboxylic acids is 1. The van der Waals surface area contributed by atoms with Crippen LogP contribution in [0.5, 0.6) is 0 Å². The molecular formula is C14H14ClN3O. The van der Waals surface area contributed by atoms with Gasteiger partial charge in [-0.15, -0.1) is 0 Å². The molecule has 2 aromatic carbocycles. The standard InChI is InChI=1S/C14H14ClN3O/c15-10-3-1-2-9(6-10)8-18-11-4-5-13(16)12(7-11)14(17)19/h1-7,18H,8,16H2,(H2,17,19). The number of hydrogen-bond donors (Lipinski definition) is 3.